The molecule has 3 aliphatic carbocycles. The van der Waals surface area contributed by atoms with Crippen molar-refractivity contribution in [2.45, 2.75) is 112 Å². The maximum atomic E-state index is 13.3. The van der Waals surface area contributed by atoms with Crippen LogP contribution in [0.1, 0.15) is 106 Å². The lowest BCUT2D eigenvalue weighted by Gasteiger charge is -2.53. The largest absolute Gasteiger partial charge is 0.431 e. The zero-order valence-corrected chi connectivity index (χ0v) is 21.1. The van der Waals surface area contributed by atoms with Crippen LogP contribution < -0.4 is 5.32 Å². The van der Waals surface area contributed by atoms with Crippen LogP contribution in [0.3, 0.4) is 0 Å². The summed E-state index contributed by atoms with van der Waals surface area (Å²) in [5.41, 5.74) is 1.86. The predicted octanol–water partition coefficient (Wildman–Crippen LogP) is 6.87. The van der Waals surface area contributed by atoms with Crippen LogP contribution in [0.4, 0.5) is 0 Å². The molecule has 0 bridgehead atoms. The van der Waals surface area contributed by atoms with Gasteiger partial charge >= 0.3 is 5.97 Å². The van der Waals surface area contributed by atoms with Crippen molar-refractivity contribution in [2.75, 3.05) is 6.54 Å². The highest BCUT2D eigenvalue weighted by Crippen LogP contribution is 2.64. The number of fused-ring (bicyclic) bond motifs is 4. The van der Waals surface area contributed by atoms with Crippen molar-refractivity contribution in [1.82, 2.24) is 5.32 Å². The van der Waals surface area contributed by atoms with E-state index in [9.17, 15) is 4.79 Å². The topological polar surface area (TPSA) is 38.3 Å². The Labute approximate surface area is 191 Å². The summed E-state index contributed by atoms with van der Waals surface area (Å²) in [5, 5.41) is 3.59. The number of ether oxygens (including phenoxy) is 1. The molecule has 2 saturated carbocycles. The lowest BCUT2D eigenvalue weighted by atomic mass is 9.54. The first-order chi connectivity index (χ1) is 14.7. The molecule has 0 radical (unpaired) electrons. The zero-order chi connectivity index (χ0) is 22.4. The molecular formula is C28H47NO2. The molecule has 31 heavy (non-hydrogen) atoms. The van der Waals surface area contributed by atoms with Crippen molar-refractivity contribution >= 4 is 5.97 Å². The van der Waals surface area contributed by atoms with E-state index in [-0.39, 0.29) is 17.3 Å². The molecule has 1 aliphatic heterocycles. The van der Waals surface area contributed by atoms with Crippen molar-refractivity contribution in [3.63, 3.8) is 0 Å². The van der Waals surface area contributed by atoms with Crippen LogP contribution in [0.15, 0.2) is 11.3 Å². The number of nitrogens with one attached hydrogen (secondary N) is 1. The molecule has 176 valence electrons. The highest BCUT2D eigenvalue weighted by atomic mass is 16.5. The molecule has 7 atom stereocenters. The molecule has 1 N–H and O–H groups in total. The normalized spacial score (nSPS) is 40.9. The monoisotopic (exact) mass is 429 g/mol. The summed E-state index contributed by atoms with van der Waals surface area (Å²) >= 11 is 0. The van der Waals surface area contributed by atoms with Crippen LogP contribution in [-0.2, 0) is 9.53 Å². The van der Waals surface area contributed by atoms with Gasteiger partial charge in [-0.2, -0.15) is 0 Å². The van der Waals surface area contributed by atoms with Crippen LogP contribution in [0.5, 0.6) is 0 Å². The molecule has 0 saturated heterocycles. The quantitative estimate of drug-likeness (QED) is 0.449. The fourth-order valence-electron chi connectivity index (χ4n) is 8.15. The average Bonchev–Trinajstić information content (AvgIpc) is 3.06. The number of carbonyl (C=O) groups excluding carboxylic acids is 1. The summed E-state index contributed by atoms with van der Waals surface area (Å²) in [7, 11) is 0. The summed E-state index contributed by atoms with van der Waals surface area (Å²) in [6.07, 6.45) is 12.2. The lowest BCUT2D eigenvalue weighted by Crippen LogP contribution is -2.52. The minimum atomic E-state index is 0.0267. The number of allylic oxidation sites excluding steroid dienone is 2. The molecule has 4 rings (SSSR count). The fourth-order valence-corrected chi connectivity index (χ4v) is 8.15. The molecule has 4 aliphatic rings. The van der Waals surface area contributed by atoms with Crippen molar-refractivity contribution in [3.8, 4) is 0 Å². The van der Waals surface area contributed by atoms with Crippen molar-refractivity contribution in [3.05, 3.63) is 11.3 Å². The molecule has 0 aromatic rings. The molecule has 0 aromatic carbocycles. The van der Waals surface area contributed by atoms with E-state index in [2.05, 4.69) is 46.9 Å². The van der Waals surface area contributed by atoms with E-state index in [4.69, 9.17) is 4.74 Å². The SMILES string of the molecule is CCN[C@@H]1CC[C@]2(C)C3=C(OC(=O)[C@H]2C1)[C@@H]1CC[C@H]([C@H](C)CCCC(C)C)[C@@]1(C)CC3. The highest BCUT2D eigenvalue weighted by Gasteiger charge is 2.59. The molecule has 0 spiro atoms. The predicted molar refractivity (Wildman–Crippen MR) is 127 cm³/mol. The van der Waals surface area contributed by atoms with E-state index < -0.39 is 0 Å². The van der Waals surface area contributed by atoms with E-state index in [0.29, 0.717) is 17.4 Å². The number of hydrogen-bond donors (Lipinski definition) is 1. The second kappa shape index (κ2) is 8.84. The molecule has 2 fully saturated rings. The molecule has 0 aromatic heterocycles. The first-order valence-electron chi connectivity index (χ1n) is 13.4. The van der Waals surface area contributed by atoms with Crippen molar-refractivity contribution < 1.29 is 9.53 Å². The molecule has 0 unspecified atom stereocenters. The smallest absolute Gasteiger partial charge is 0.314 e. The Morgan fingerprint density at radius 2 is 1.84 bits per heavy atom. The minimum absolute atomic E-state index is 0.0267. The average molecular weight is 430 g/mol. The van der Waals surface area contributed by atoms with Gasteiger partial charge in [-0.1, -0.05) is 60.8 Å². The third kappa shape index (κ3) is 4.02. The van der Waals surface area contributed by atoms with Gasteiger partial charge in [-0.15, -0.1) is 0 Å². The van der Waals surface area contributed by atoms with Gasteiger partial charge in [0.25, 0.3) is 0 Å². The van der Waals surface area contributed by atoms with Gasteiger partial charge in [0.2, 0.25) is 0 Å². The fraction of sp³-hybridized carbons (Fsp3) is 0.893. The number of esters is 1. The second-order valence-electron chi connectivity index (χ2n) is 12.3. The van der Waals surface area contributed by atoms with E-state index in [1.54, 1.807) is 0 Å². The highest BCUT2D eigenvalue weighted by molar-refractivity contribution is 5.77. The standard InChI is InChI=1S/C28H47NO2/c1-7-29-20-13-15-28(6)23-14-16-27(5)21(19(4)10-8-9-18(2)3)11-12-22(27)25(23)31-26(30)24(28)17-20/h18-22,24,29H,7-17H2,1-6H3/t19-,20-,21-,22+,24-,27-,28-/m1/s1. The van der Waals surface area contributed by atoms with Crippen molar-refractivity contribution in [2.24, 2.45) is 40.4 Å². The van der Waals surface area contributed by atoms with Gasteiger partial charge in [0, 0.05) is 17.4 Å². The van der Waals surface area contributed by atoms with E-state index in [0.717, 1.165) is 49.3 Å². The van der Waals surface area contributed by atoms with Crippen LogP contribution in [0, 0.1) is 40.4 Å². The molecule has 3 heteroatoms. The van der Waals surface area contributed by atoms with E-state index in [1.807, 2.05) is 0 Å². The van der Waals surface area contributed by atoms with Crippen LogP contribution in [-0.4, -0.2) is 18.6 Å². The van der Waals surface area contributed by atoms with Crippen LogP contribution in [0.2, 0.25) is 0 Å². The van der Waals surface area contributed by atoms with Gasteiger partial charge < -0.3 is 10.1 Å². The summed E-state index contributed by atoms with van der Waals surface area (Å²) in [6.45, 7) is 15.2. The third-order valence-corrected chi connectivity index (χ3v) is 10.0. The first-order valence-corrected chi connectivity index (χ1v) is 13.4. The number of rotatable bonds is 7. The van der Waals surface area contributed by atoms with Crippen LogP contribution in [0.25, 0.3) is 0 Å². The van der Waals surface area contributed by atoms with Gasteiger partial charge in [0.05, 0.1) is 5.92 Å². The number of carbonyl (C=O) groups is 1. The van der Waals surface area contributed by atoms with Gasteiger partial charge in [-0.25, -0.2) is 0 Å². The van der Waals surface area contributed by atoms with Crippen LogP contribution >= 0.6 is 0 Å². The minimum Gasteiger partial charge on any atom is -0.431 e. The Balaban J connectivity index is 1.54. The second-order valence-corrected chi connectivity index (χ2v) is 12.3. The Morgan fingerprint density at radius 1 is 1.06 bits per heavy atom. The molecule has 0 amide bonds. The maximum absolute atomic E-state index is 13.3. The summed E-state index contributed by atoms with van der Waals surface area (Å²) in [6, 6.07) is 0.467. The van der Waals surface area contributed by atoms with Gasteiger partial charge in [0.15, 0.2) is 0 Å². The van der Waals surface area contributed by atoms with Gasteiger partial charge in [-0.05, 0) is 80.2 Å². The Bertz CT molecular complexity index is 712. The molecular weight excluding hydrogens is 382 g/mol. The van der Waals surface area contributed by atoms with Gasteiger partial charge in [0.1, 0.15) is 5.76 Å². The third-order valence-electron chi connectivity index (χ3n) is 10.0. The molecule has 1 heterocycles. The first kappa shape index (κ1) is 23.3. The Kier molecular flexibility index (Phi) is 6.65. The molecule has 3 nitrogen and oxygen atoms in total. The zero-order valence-electron chi connectivity index (χ0n) is 21.1. The van der Waals surface area contributed by atoms with Gasteiger partial charge in [-0.3, -0.25) is 4.79 Å². The summed E-state index contributed by atoms with van der Waals surface area (Å²) in [5.74, 6) is 4.06. The Hall–Kier alpha value is -0.830. The maximum Gasteiger partial charge on any atom is 0.314 e. The van der Waals surface area contributed by atoms with Crippen molar-refractivity contribution in [1.29, 1.82) is 0 Å². The summed E-state index contributed by atoms with van der Waals surface area (Å²) in [4.78, 5) is 13.3. The number of hydrogen-bond acceptors (Lipinski definition) is 3. The van der Waals surface area contributed by atoms with E-state index in [1.165, 1.54) is 50.5 Å². The lowest BCUT2D eigenvalue weighted by molar-refractivity contribution is -0.157. The van der Waals surface area contributed by atoms with E-state index >= 15 is 0 Å². The Morgan fingerprint density at radius 3 is 2.55 bits per heavy atom. The summed E-state index contributed by atoms with van der Waals surface area (Å²) < 4.78 is 6.28.